The van der Waals surface area contributed by atoms with Gasteiger partial charge in [-0.05, 0) is 20.8 Å². The van der Waals surface area contributed by atoms with Crippen LogP contribution in [0.25, 0.3) is 0 Å². The third-order valence-electron chi connectivity index (χ3n) is 3.25. The van der Waals surface area contributed by atoms with Gasteiger partial charge in [0.2, 0.25) is 0 Å². The highest BCUT2D eigenvalue weighted by molar-refractivity contribution is 7.13. The van der Waals surface area contributed by atoms with Crippen LogP contribution in [-0.4, -0.2) is 38.9 Å². The van der Waals surface area contributed by atoms with Crippen molar-refractivity contribution in [2.75, 3.05) is 12.4 Å². The van der Waals surface area contributed by atoms with Crippen molar-refractivity contribution >= 4 is 28.9 Å². The summed E-state index contributed by atoms with van der Waals surface area (Å²) in [5.41, 5.74) is -0.155. The van der Waals surface area contributed by atoms with Gasteiger partial charge in [0.05, 0.1) is 24.2 Å². The van der Waals surface area contributed by atoms with Gasteiger partial charge in [0.25, 0.3) is 5.91 Å². The predicted octanol–water partition coefficient (Wildman–Crippen LogP) is 1.87. The number of carboxylic acids is 1. The van der Waals surface area contributed by atoms with E-state index in [1.54, 1.807) is 14.0 Å². The fraction of sp³-hybridized carbons (Fsp3) is 0.429. The van der Waals surface area contributed by atoms with E-state index in [9.17, 15) is 14.7 Å². The Kier molecular flexibility index (Phi) is 4.81. The molecule has 2 aromatic rings. The van der Waals surface area contributed by atoms with E-state index in [-0.39, 0.29) is 5.91 Å². The first-order valence-electron chi connectivity index (χ1n) is 6.81. The van der Waals surface area contributed by atoms with Crippen LogP contribution in [0.4, 0.5) is 5.69 Å². The zero-order valence-electron chi connectivity index (χ0n) is 13.3. The molecule has 124 valence electrons. The number of nitrogens with zero attached hydrogens (tertiary/aromatic N) is 3. The molecule has 0 spiro atoms. The number of aromatic nitrogens is 3. The van der Waals surface area contributed by atoms with Crippen LogP contribution in [0.3, 0.4) is 0 Å². The molecular formula is C14H18N4O4S. The summed E-state index contributed by atoms with van der Waals surface area (Å²) >= 11 is 1.26. The molecule has 0 saturated heterocycles. The van der Waals surface area contributed by atoms with Gasteiger partial charge in [0.15, 0.2) is 5.54 Å². The van der Waals surface area contributed by atoms with Crippen molar-refractivity contribution in [3.05, 3.63) is 28.0 Å². The molecule has 0 bridgehead atoms. The number of hydrogen-bond donors (Lipinski definition) is 2. The van der Waals surface area contributed by atoms with Gasteiger partial charge in [-0.3, -0.25) is 9.48 Å². The molecule has 2 aromatic heterocycles. The Morgan fingerprint density at radius 1 is 1.48 bits per heavy atom. The largest absolute Gasteiger partial charge is 0.479 e. The molecule has 0 aliphatic carbocycles. The van der Waals surface area contributed by atoms with Crippen LogP contribution < -0.4 is 5.32 Å². The van der Waals surface area contributed by atoms with Gasteiger partial charge in [0.1, 0.15) is 9.88 Å². The summed E-state index contributed by atoms with van der Waals surface area (Å²) < 4.78 is 6.30. The Labute approximate surface area is 137 Å². The van der Waals surface area contributed by atoms with Crippen molar-refractivity contribution in [3.8, 4) is 0 Å². The Hall–Kier alpha value is -2.26. The number of aliphatic carboxylic acids is 1. The Bertz CT molecular complexity index is 735. The number of nitrogens with one attached hydrogen (secondary N) is 1. The summed E-state index contributed by atoms with van der Waals surface area (Å²) in [6.45, 7) is 5.15. The minimum absolute atomic E-state index is 0.310. The van der Waals surface area contributed by atoms with Gasteiger partial charge in [-0.15, -0.1) is 11.3 Å². The first kappa shape index (κ1) is 17.1. The first-order valence-corrected chi connectivity index (χ1v) is 7.62. The highest BCUT2D eigenvalue weighted by atomic mass is 32.1. The molecular weight excluding hydrogens is 320 g/mol. The van der Waals surface area contributed by atoms with Gasteiger partial charge >= 0.3 is 5.97 Å². The SMILES string of the molecule is COCc1nc(C)c(C(=O)Nc2cnn(C(C)(C)C(=O)O)c2)s1. The molecule has 0 atom stereocenters. The summed E-state index contributed by atoms with van der Waals surface area (Å²) in [7, 11) is 1.56. The Morgan fingerprint density at radius 2 is 2.17 bits per heavy atom. The second kappa shape index (κ2) is 6.47. The third-order valence-corrected chi connectivity index (χ3v) is 4.38. The summed E-state index contributed by atoms with van der Waals surface area (Å²) in [5, 5.41) is 16.6. The van der Waals surface area contributed by atoms with Crippen LogP contribution in [0.15, 0.2) is 12.4 Å². The fourth-order valence-corrected chi connectivity index (χ4v) is 2.76. The normalized spacial score (nSPS) is 11.5. The van der Waals surface area contributed by atoms with Gasteiger partial charge in [0, 0.05) is 13.3 Å². The number of carboxylic acid groups (broad SMARTS) is 1. The Balaban J connectivity index is 2.15. The van der Waals surface area contributed by atoms with E-state index in [0.29, 0.717) is 22.9 Å². The number of hydrogen-bond acceptors (Lipinski definition) is 6. The van der Waals surface area contributed by atoms with Crippen molar-refractivity contribution < 1.29 is 19.4 Å². The zero-order chi connectivity index (χ0) is 17.2. The van der Waals surface area contributed by atoms with E-state index in [0.717, 1.165) is 5.01 Å². The number of carbonyl (C=O) groups excluding carboxylic acids is 1. The van der Waals surface area contributed by atoms with E-state index < -0.39 is 11.5 Å². The molecule has 2 N–H and O–H groups in total. The van der Waals surface area contributed by atoms with Crippen LogP contribution in [0.2, 0.25) is 0 Å². The van der Waals surface area contributed by atoms with Crippen molar-refractivity contribution in [3.63, 3.8) is 0 Å². The molecule has 0 saturated carbocycles. The molecule has 2 heterocycles. The highest BCUT2D eigenvalue weighted by Crippen LogP contribution is 2.21. The molecule has 0 fully saturated rings. The fourth-order valence-electron chi connectivity index (χ4n) is 1.83. The number of anilines is 1. The zero-order valence-corrected chi connectivity index (χ0v) is 14.1. The third kappa shape index (κ3) is 3.57. The monoisotopic (exact) mass is 338 g/mol. The van der Waals surface area contributed by atoms with Gasteiger partial charge in [-0.25, -0.2) is 9.78 Å². The molecule has 0 aliphatic rings. The Morgan fingerprint density at radius 3 is 2.78 bits per heavy atom. The maximum absolute atomic E-state index is 12.3. The quantitative estimate of drug-likeness (QED) is 0.833. The maximum Gasteiger partial charge on any atom is 0.331 e. The molecule has 9 heteroatoms. The predicted molar refractivity (Wildman–Crippen MR) is 84.7 cm³/mol. The van der Waals surface area contributed by atoms with Crippen LogP contribution in [0.5, 0.6) is 0 Å². The lowest BCUT2D eigenvalue weighted by Crippen LogP contribution is -2.35. The van der Waals surface area contributed by atoms with Gasteiger partial charge < -0.3 is 15.2 Å². The molecule has 2 rings (SSSR count). The standard InChI is InChI=1S/C14H18N4O4S/c1-8-11(23-10(16-8)7-22-4)12(19)17-9-5-15-18(6-9)14(2,3)13(20)21/h5-6H,7H2,1-4H3,(H,17,19)(H,20,21). The van der Waals surface area contributed by atoms with E-state index in [2.05, 4.69) is 15.4 Å². The minimum Gasteiger partial charge on any atom is -0.479 e. The topological polar surface area (TPSA) is 106 Å². The van der Waals surface area contributed by atoms with Gasteiger partial charge in [-0.1, -0.05) is 0 Å². The maximum atomic E-state index is 12.3. The smallest absolute Gasteiger partial charge is 0.331 e. The van der Waals surface area contributed by atoms with Crippen LogP contribution >= 0.6 is 11.3 Å². The van der Waals surface area contributed by atoms with E-state index in [4.69, 9.17) is 4.74 Å². The van der Waals surface area contributed by atoms with Crippen molar-refractivity contribution in [1.82, 2.24) is 14.8 Å². The van der Waals surface area contributed by atoms with E-state index >= 15 is 0 Å². The number of rotatable bonds is 6. The van der Waals surface area contributed by atoms with E-state index in [1.165, 1.54) is 42.3 Å². The molecule has 0 aromatic carbocycles. The first-order chi connectivity index (χ1) is 10.8. The molecule has 8 nitrogen and oxygen atoms in total. The lowest BCUT2D eigenvalue weighted by Gasteiger charge is -2.19. The molecule has 0 radical (unpaired) electrons. The van der Waals surface area contributed by atoms with Crippen LogP contribution in [0.1, 0.15) is 34.2 Å². The number of aryl methyl sites for hydroxylation is 1. The summed E-state index contributed by atoms with van der Waals surface area (Å²) in [5.74, 6) is -1.32. The number of thiazole rings is 1. The lowest BCUT2D eigenvalue weighted by molar-refractivity contribution is -0.146. The molecule has 0 aliphatic heterocycles. The van der Waals surface area contributed by atoms with Crippen molar-refractivity contribution in [2.24, 2.45) is 0 Å². The lowest BCUT2D eigenvalue weighted by atomic mass is 10.1. The summed E-state index contributed by atoms with van der Waals surface area (Å²) in [6.07, 6.45) is 2.90. The minimum atomic E-state index is -1.20. The average Bonchev–Trinajstić information content (AvgIpc) is 3.06. The number of amides is 1. The average molecular weight is 338 g/mol. The summed E-state index contributed by atoms with van der Waals surface area (Å²) in [6, 6.07) is 0. The second-order valence-electron chi connectivity index (χ2n) is 5.45. The second-order valence-corrected chi connectivity index (χ2v) is 6.53. The summed E-state index contributed by atoms with van der Waals surface area (Å²) in [4.78, 5) is 28.3. The molecule has 0 unspecified atom stereocenters. The highest BCUT2D eigenvalue weighted by Gasteiger charge is 2.30. The molecule has 1 amide bonds. The van der Waals surface area contributed by atoms with Gasteiger partial charge in [-0.2, -0.15) is 5.10 Å². The van der Waals surface area contributed by atoms with Crippen LogP contribution in [-0.2, 0) is 21.7 Å². The van der Waals surface area contributed by atoms with Crippen molar-refractivity contribution in [2.45, 2.75) is 32.9 Å². The number of ether oxygens (including phenoxy) is 1. The van der Waals surface area contributed by atoms with Crippen molar-refractivity contribution in [1.29, 1.82) is 0 Å². The molecule has 23 heavy (non-hydrogen) atoms. The van der Waals surface area contributed by atoms with E-state index in [1.807, 2.05) is 0 Å². The number of methoxy groups -OCH3 is 1. The number of carbonyl (C=O) groups is 2. The van der Waals surface area contributed by atoms with Crippen LogP contribution in [0, 0.1) is 6.92 Å².